The molecule has 0 atom stereocenters. The summed E-state index contributed by atoms with van der Waals surface area (Å²) in [5, 5.41) is 7.17. The zero-order chi connectivity index (χ0) is 14.4. The molecule has 0 fully saturated rings. The van der Waals surface area contributed by atoms with Gasteiger partial charge in [0.2, 0.25) is 5.88 Å². The number of nitrogens with one attached hydrogen (secondary N) is 1. The van der Waals surface area contributed by atoms with Gasteiger partial charge in [-0.15, -0.1) is 5.10 Å². The number of aromatic nitrogens is 5. The van der Waals surface area contributed by atoms with Crippen LogP contribution in [0.5, 0.6) is 11.9 Å². The summed E-state index contributed by atoms with van der Waals surface area (Å²) in [5.41, 5.74) is 0. The fourth-order valence-corrected chi connectivity index (χ4v) is 1.51. The average molecular weight is 278 g/mol. The molecule has 0 saturated heterocycles. The highest BCUT2D eigenvalue weighted by Crippen LogP contribution is 2.18. The zero-order valence-corrected chi connectivity index (χ0v) is 11.8. The molecule has 0 aromatic carbocycles. The molecule has 0 spiro atoms. The Kier molecular flexibility index (Phi) is 4.83. The fourth-order valence-electron chi connectivity index (χ4n) is 1.51. The molecule has 0 radical (unpaired) electrons. The Morgan fingerprint density at radius 3 is 2.80 bits per heavy atom. The van der Waals surface area contributed by atoms with Crippen molar-refractivity contribution in [2.45, 2.75) is 20.5 Å². The van der Waals surface area contributed by atoms with Gasteiger partial charge in [0.25, 0.3) is 0 Å². The highest BCUT2D eigenvalue weighted by atomic mass is 16.5. The van der Waals surface area contributed by atoms with Gasteiger partial charge in [-0.05, 0) is 13.8 Å². The molecular formula is C12H18N6O2. The van der Waals surface area contributed by atoms with Crippen molar-refractivity contribution in [3.8, 4) is 11.9 Å². The first kappa shape index (κ1) is 14.2. The Bertz CT molecular complexity index is 557. The van der Waals surface area contributed by atoms with Crippen molar-refractivity contribution in [1.82, 2.24) is 24.7 Å². The molecule has 0 bridgehead atoms. The zero-order valence-electron chi connectivity index (χ0n) is 11.8. The van der Waals surface area contributed by atoms with Gasteiger partial charge in [0.15, 0.2) is 5.82 Å². The third-order valence-electron chi connectivity index (χ3n) is 2.32. The second-order valence-electron chi connectivity index (χ2n) is 3.98. The molecule has 0 aliphatic heterocycles. The maximum absolute atomic E-state index is 5.52. The van der Waals surface area contributed by atoms with Crippen LogP contribution in [0.4, 0.5) is 5.82 Å². The largest absolute Gasteiger partial charge is 0.404 e. The van der Waals surface area contributed by atoms with Crippen molar-refractivity contribution < 1.29 is 9.47 Å². The predicted molar refractivity (Wildman–Crippen MR) is 72.6 cm³/mol. The molecular weight excluding hydrogens is 260 g/mol. The van der Waals surface area contributed by atoms with E-state index < -0.39 is 0 Å². The summed E-state index contributed by atoms with van der Waals surface area (Å²) in [5.74, 6) is 1.62. The molecule has 1 N–H and O–H groups in total. The van der Waals surface area contributed by atoms with E-state index >= 15 is 0 Å². The molecule has 0 aliphatic carbocycles. The number of hydrogen-bond acceptors (Lipinski definition) is 7. The number of hydrogen-bond donors (Lipinski definition) is 1. The topological polar surface area (TPSA) is 87.0 Å². The number of nitrogens with zero attached hydrogens (tertiary/aromatic N) is 5. The van der Waals surface area contributed by atoms with E-state index in [0.717, 1.165) is 6.54 Å². The van der Waals surface area contributed by atoms with Crippen molar-refractivity contribution >= 4 is 5.82 Å². The predicted octanol–water partition coefficient (Wildman–Crippen LogP) is 1.37. The van der Waals surface area contributed by atoms with E-state index in [-0.39, 0.29) is 6.01 Å². The van der Waals surface area contributed by atoms with E-state index in [0.29, 0.717) is 30.7 Å². The van der Waals surface area contributed by atoms with E-state index in [1.165, 1.54) is 0 Å². The quantitative estimate of drug-likeness (QED) is 0.818. The van der Waals surface area contributed by atoms with Crippen molar-refractivity contribution in [2.24, 2.45) is 7.05 Å². The summed E-state index contributed by atoms with van der Waals surface area (Å²) in [4.78, 5) is 12.6. The first-order chi connectivity index (χ1) is 9.71. The van der Waals surface area contributed by atoms with Crippen LogP contribution >= 0.6 is 0 Å². The summed E-state index contributed by atoms with van der Waals surface area (Å²) in [6, 6.07) is 1.95. The number of ether oxygens (including phenoxy) is 2. The first-order valence-electron chi connectivity index (χ1n) is 6.44. The molecule has 0 amide bonds. The minimum absolute atomic E-state index is 0.246. The maximum Gasteiger partial charge on any atom is 0.342 e. The number of aryl methyl sites for hydroxylation is 1. The normalized spacial score (nSPS) is 10.6. The van der Waals surface area contributed by atoms with Gasteiger partial charge in [-0.3, -0.25) is 4.68 Å². The highest BCUT2D eigenvalue weighted by molar-refractivity contribution is 5.38. The number of anilines is 1. The molecule has 2 rings (SSSR count). The van der Waals surface area contributed by atoms with Crippen LogP contribution in [-0.4, -0.2) is 37.9 Å². The summed E-state index contributed by atoms with van der Waals surface area (Å²) < 4.78 is 12.4. The van der Waals surface area contributed by atoms with Crippen molar-refractivity contribution in [2.75, 3.05) is 18.5 Å². The lowest BCUT2D eigenvalue weighted by molar-refractivity contribution is 0.128. The Morgan fingerprint density at radius 1 is 1.30 bits per heavy atom. The van der Waals surface area contributed by atoms with Crippen LogP contribution < -0.4 is 10.1 Å². The fraction of sp³-hybridized carbons (Fsp3) is 0.500. The second-order valence-corrected chi connectivity index (χ2v) is 3.98. The van der Waals surface area contributed by atoms with Crippen molar-refractivity contribution in [3.05, 3.63) is 18.2 Å². The average Bonchev–Trinajstić information content (AvgIpc) is 2.82. The van der Waals surface area contributed by atoms with Gasteiger partial charge in [0, 0.05) is 26.3 Å². The van der Waals surface area contributed by atoms with Gasteiger partial charge in [-0.2, -0.15) is 9.97 Å². The smallest absolute Gasteiger partial charge is 0.342 e. The third kappa shape index (κ3) is 3.89. The van der Waals surface area contributed by atoms with Gasteiger partial charge < -0.3 is 14.8 Å². The molecule has 2 heterocycles. The summed E-state index contributed by atoms with van der Waals surface area (Å²) in [6.45, 7) is 5.61. The molecule has 2 aromatic heterocycles. The van der Waals surface area contributed by atoms with Crippen LogP contribution in [0.25, 0.3) is 0 Å². The second kappa shape index (κ2) is 6.80. The van der Waals surface area contributed by atoms with Crippen LogP contribution in [0.1, 0.15) is 19.7 Å². The van der Waals surface area contributed by atoms with Gasteiger partial charge in [0.1, 0.15) is 18.8 Å². The highest BCUT2D eigenvalue weighted by Gasteiger charge is 2.08. The molecule has 8 nitrogen and oxygen atoms in total. The minimum atomic E-state index is 0.246. The van der Waals surface area contributed by atoms with Gasteiger partial charge in [-0.1, -0.05) is 0 Å². The van der Waals surface area contributed by atoms with E-state index in [9.17, 15) is 0 Å². The Balaban J connectivity index is 2.18. The van der Waals surface area contributed by atoms with E-state index in [1.54, 1.807) is 24.1 Å². The van der Waals surface area contributed by atoms with Crippen LogP contribution in [0.15, 0.2) is 12.4 Å². The Hall–Kier alpha value is -2.22. The Labute approximate surface area is 117 Å². The number of rotatable bonds is 7. The van der Waals surface area contributed by atoms with Crippen LogP contribution in [0, 0.1) is 0 Å². The lowest BCUT2D eigenvalue weighted by Crippen LogP contribution is -2.06. The van der Waals surface area contributed by atoms with Gasteiger partial charge in [-0.25, -0.2) is 4.98 Å². The SMILES string of the molecule is CCNc1cc(Oc2ncn(C)n2)nc(COCC)n1. The van der Waals surface area contributed by atoms with Crippen molar-refractivity contribution in [3.63, 3.8) is 0 Å². The summed E-state index contributed by atoms with van der Waals surface area (Å²) >= 11 is 0. The molecule has 8 heteroatoms. The monoisotopic (exact) mass is 278 g/mol. The van der Waals surface area contributed by atoms with Gasteiger partial charge >= 0.3 is 6.01 Å². The molecule has 0 unspecified atom stereocenters. The summed E-state index contributed by atoms with van der Waals surface area (Å²) in [7, 11) is 1.77. The molecule has 20 heavy (non-hydrogen) atoms. The molecule has 0 saturated carbocycles. The Morgan fingerprint density at radius 2 is 2.15 bits per heavy atom. The lowest BCUT2D eigenvalue weighted by Gasteiger charge is -2.08. The van der Waals surface area contributed by atoms with Crippen LogP contribution in [0.3, 0.4) is 0 Å². The molecule has 0 aliphatic rings. The van der Waals surface area contributed by atoms with E-state index in [4.69, 9.17) is 9.47 Å². The maximum atomic E-state index is 5.52. The molecule has 108 valence electrons. The first-order valence-corrected chi connectivity index (χ1v) is 6.44. The standard InChI is InChI=1S/C12H18N6O2/c1-4-13-9-6-11(16-10(15-9)7-19-5-2)20-12-14-8-18(3)17-12/h6,8H,4-5,7H2,1-3H3,(H,13,15,16). The van der Waals surface area contributed by atoms with E-state index in [1.807, 2.05) is 13.8 Å². The lowest BCUT2D eigenvalue weighted by atomic mass is 10.5. The summed E-state index contributed by atoms with van der Waals surface area (Å²) in [6.07, 6.45) is 1.56. The van der Waals surface area contributed by atoms with Crippen LogP contribution in [-0.2, 0) is 18.4 Å². The van der Waals surface area contributed by atoms with E-state index in [2.05, 4.69) is 25.4 Å². The third-order valence-corrected chi connectivity index (χ3v) is 2.32. The minimum Gasteiger partial charge on any atom is -0.404 e. The molecule has 2 aromatic rings. The van der Waals surface area contributed by atoms with Crippen molar-refractivity contribution in [1.29, 1.82) is 0 Å². The van der Waals surface area contributed by atoms with Crippen LogP contribution in [0.2, 0.25) is 0 Å². The van der Waals surface area contributed by atoms with Gasteiger partial charge in [0.05, 0.1) is 0 Å².